The number of rotatable bonds is 1. The van der Waals surface area contributed by atoms with E-state index in [0.717, 1.165) is 24.3 Å². The highest BCUT2D eigenvalue weighted by Crippen LogP contribution is 2.36. The van der Waals surface area contributed by atoms with Crippen molar-refractivity contribution in [3.05, 3.63) is 23.8 Å². The van der Waals surface area contributed by atoms with Crippen molar-refractivity contribution < 1.29 is 9.53 Å². The first-order chi connectivity index (χ1) is 7.95. The fraction of sp³-hybridized carbons (Fsp3) is 0.500. The molecule has 92 valence electrons. The summed E-state index contributed by atoms with van der Waals surface area (Å²) < 4.78 is 5.22. The number of hydrogen-bond donors (Lipinski definition) is 0. The number of hydrogen-bond acceptors (Lipinski definition) is 2. The minimum Gasteiger partial charge on any atom is -0.497 e. The molecule has 0 unspecified atom stereocenters. The number of carbonyl (C=O) groups excluding carboxylic acids is 1. The van der Waals surface area contributed by atoms with E-state index >= 15 is 0 Å². The molecule has 3 heteroatoms. The van der Waals surface area contributed by atoms with Crippen LogP contribution in [0.15, 0.2) is 18.2 Å². The molecule has 17 heavy (non-hydrogen) atoms. The van der Waals surface area contributed by atoms with Crippen LogP contribution in [0.4, 0.5) is 5.69 Å². The van der Waals surface area contributed by atoms with E-state index in [-0.39, 0.29) is 11.3 Å². The maximum atomic E-state index is 12.3. The molecule has 1 aliphatic rings. The van der Waals surface area contributed by atoms with Gasteiger partial charge in [0.25, 0.3) is 0 Å². The molecule has 1 aromatic rings. The van der Waals surface area contributed by atoms with Crippen LogP contribution < -0.4 is 9.64 Å². The highest BCUT2D eigenvalue weighted by Gasteiger charge is 2.34. The summed E-state index contributed by atoms with van der Waals surface area (Å²) in [5, 5.41) is 0. The number of benzene rings is 1. The molecular formula is C14H19NO2. The van der Waals surface area contributed by atoms with E-state index in [1.165, 1.54) is 5.56 Å². The van der Waals surface area contributed by atoms with Gasteiger partial charge in [0.05, 0.1) is 12.8 Å². The first-order valence-electron chi connectivity index (χ1n) is 5.91. The zero-order chi connectivity index (χ0) is 12.6. The number of nitrogens with zero attached hydrogens (tertiary/aromatic N) is 1. The predicted octanol–water partition coefficient (Wildman–Crippen LogP) is 2.63. The number of fused-ring (bicyclic) bond motifs is 1. The van der Waals surface area contributed by atoms with Crippen molar-refractivity contribution in [1.82, 2.24) is 0 Å². The Morgan fingerprint density at radius 1 is 1.35 bits per heavy atom. The van der Waals surface area contributed by atoms with Crippen molar-refractivity contribution in [3.8, 4) is 5.75 Å². The minimum atomic E-state index is -0.291. The quantitative estimate of drug-likeness (QED) is 0.746. The average Bonchev–Trinajstić information content (AvgIpc) is 2.41. The number of aryl methyl sites for hydroxylation is 1. The zero-order valence-electron chi connectivity index (χ0n) is 10.9. The maximum absolute atomic E-state index is 12.3. The Morgan fingerprint density at radius 2 is 2.06 bits per heavy atom. The van der Waals surface area contributed by atoms with E-state index < -0.39 is 0 Å². The molecule has 0 aromatic heterocycles. The van der Waals surface area contributed by atoms with Crippen molar-refractivity contribution in [2.45, 2.75) is 26.7 Å². The van der Waals surface area contributed by atoms with E-state index in [2.05, 4.69) is 6.07 Å². The molecular weight excluding hydrogens is 214 g/mol. The minimum absolute atomic E-state index is 0.171. The number of anilines is 1. The summed E-state index contributed by atoms with van der Waals surface area (Å²) in [4.78, 5) is 14.1. The zero-order valence-corrected chi connectivity index (χ0v) is 10.9. The van der Waals surface area contributed by atoms with Crippen LogP contribution in [0.2, 0.25) is 0 Å². The molecule has 0 spiro atoms. The number of carbonyl (C=O) groups is 1. The van der Waals surface area contributed by atoms with Crippen LogP contribution in [0, 0.1) is 5.41 Å². The van der Waals surface area contributed by atoms with Gasteiger partial charge in [0, 0.05) is 18.5 Å². The van der Waals surface area contributed by atoms with Crippen molar-refractivity contribution in [3.63, 3.8) is 0 Å². The summed E-state index contributed by atoms with van der Waals surface area (Å²) in [6.07, 6.45) is 1.82. The average molecular weight is 233 g/mol. The van der Waals surface area contributed by atoms with Gasteiger partial charge in [0.1, 0.15) is 5.75 Å². The van der Waals surface area contributed by atoms with Gasteiger partial charge >= 0.3 is 0 Å². The van der Waals surface area contributed by atoms with Crippen LogP contribution in [-0.2, 0) is 11.2 Å². The number of methoxy groups -OCH3 is 1. The molecule has 1 amide bonds. The second-order valence-corrected chi connectivity index (χ2v) is 5.24. The SMILES string of the molecule is COc1ccc2c(c1)N(C)C(=O)C(C)(C)CC2. The summed E-state index contributed by atoms with van der Waals surface area (Å²) >= 11 is 0. The third-order valence-corrected chi connectivity index (χ3v) is 3.56. The van der Waals surface area contributed by atoms with Crippen LogP contribution in [0.25, 0.3) is 0 Å². The molecule has 0 saturated carbocycles. The lowest BCUT2D eigenvalue weighted by molar-refractivity contribution is -0.126. The van der Waals surface area contributed by atoms with E-state index in [1.807, 2.05) is 33.0 Å². The van der Waals surface area contributed by atoms with Gasteiger partial charge in [-0.1, -0.05) is 19.9 Å². The molecule has 0 aliphatic carbocycles. The lowest BCUT2D eigenvalue weighted by Crippen LogP contribution is -2.37. The fourth-order valence-electron chi connectivity index (χ4n) is 2.31. The van der Waals surface area contributed by atoms with Crippen LogP contribution in [0.5, 0.6) is 5.75 Å². The van der Waals surface area contributed by atoms with E-state index in [1.54, 1.807) is 12.0 Å². The highest BCUT2D eigenvalue weighted by atomic mass is 16.5. The Labute approximate surface area is 102 Å². The van der Waals surface area contributed by atoms with Crippen molar-refractivity contribution in [1.29, 1.82) is 0 Å². The Bertz CT molecular complexity index is 452. The molecule has 0 radical (unpaired) electrons. The highest BCUT2D eigenvalue weighted by molar-refractivity contribution is 5.98. The van der Waals surface area contributed by atoms with Gasteiger partial charge < -0.3 is 9.64 Å². The second-order valence-electron chi connectivity index (χ2n) is 5.24. The molecule has 0 N–H and O–H groups in total. The monoisotopic (exact) mass is 233 g/mol. The van der Waals surface area contributed by atoms with Crippen molar-refractivity contribution >= 4 is 11.6 Å². The fourth-order valence-corrected chi connectivity index (χ4v) is 2.31. The number of ether oxygens (including phenoxy) is 1. The molecule has 1 heterocycles. The lowest BCUT2D eigenvalue weighted by atomic mass is 9.86. The molecule has 1 aromatic carbocycles. The summed E-state index contributed by atoms with van der Waals surface area (Å²) in [6.45, 7) is 4.02. The third-order valence-electron chi connectivity index (χ3n) is 3.56. The summed E-state index contributed by atoms with van der Waals surface area (Å²) in [5.74, 6) is 0.965. The molecule has 3 nitrogen and oxygen atoms in total. The van der Waals surface area contributed by atoms with Crippen molar-refractivity contribution in [2.75, 3.05) is 19.1 Å². The first kappa shape index (κ1) is 12.0. The predicted molar refractivity (Wildman–Crippen MR) is 68.5 cm³/mol. The molecule has 2 rings (SSSR count). The first-order valence-corrected chi connectivity index (χ1v) is 5.91. The summed E-state index contributed by atoms with van der Waals surface area (Å²) in [7, 11) is 3.48. The van der Waals surface area contributed by atoms with Crippen molar-refractivity contribution in [2.24, 2.45) is 5.41 Å². The Kier molecular flexibility index (Phi) is 2.86. The molecule has 0 atom stereocenters. The lowest BCUT2D eigenvalue weighted by Gasteiger charge is -2.26. The number of amides is 1. The van der Waals surface area contributed by atoms with E-state index in [9.17, 15) is 4.79 Å². The van der Waals surface area contributed by atoms with E-state index in [0.29, 0.717) is 0 Å². The van der Waals surface area contributed by atoms with Gasteiger partial charge in [-0.15, -0.1) is 0 Å². The van der Waals surface area contributed by atoms with E-state index in [4.69, 9.17) is 4.74 Å². The van der Waals surface area contributed by atoms with Gasteiger partial charge in [-0.25, -0.2) is 0 Å². The Balaban J connectivity index is 2.48. The van der Waals surface area contributed by atoms with Gasteiger partial charge in [0.15, 0.2) is 0 Å². The normalized spacial score (nSPS) is 18.6. The second kappa shape index (κ2) is 4.06. The van der Waals surface area contributed by atoms with Crippen LogP contribution >= 0.6 is 0 Å². The molecule has 0 saturated heterocycles. The smallest absolute Gasteiger partial charge is 0.232 e. The van der Waals surface area contributed by atoms with Crippen LogP contribution in [-0.4, -0.2) is 20.1 Å². The largest absolute Gasteiger partial charge is 0.497 e. The Hall–Kier alpha value is -1.51. The molecule has 0 bridgehead atoms. The Morgan fingerprint density at radius 3 is 2.71 bits per heavy atom. The van der Waals surface area contributed by atoms with Crippen LogP contribution in [0.3, 0.4) is 0 Å². The summed E-state index contributed by atoms with van der Waals surface area (Å²) in [5.41, 5.74) is 1.90. The van der Waals surface area contributed by atoms with Crippen LogP contribution in [0.1, 0.15) is 25.8 Å². The maximum Gasteiger partial charge on any atom is 0.232 e. The molecule has 0 fully saturated rings. The molecule has 1 aliphatic heterocycles. The van der Waals surface area contributed by atoms with Gasteiger partial charge in [0.2, 0.25) is 5.91 Å². The third kappa shape index (κ3) is 2.02. The standard InChI is InChI=1S/C14H19NO2/c1-14(2)8-7-10-5-6-11(17-4)9-12(10)15(3)13(14)16/h5-6,9H,7-8H2,1-4H3. The van der Waals surface area contributed by atoms with Gasteiger partial charge in [-0.05, 0) is 24.5 Å². The summed E-state index contributed by atoms with van der Waals surface area (Å²) in [6, 6.07) is 5.95. The topological polar surface area (TPSA) is 29.5 Å². The van der Waals surface area contributed by atoms with Gasteiger partial charge in [-0.3, -0.25) is 4.79 Å². The van der Waals surface area contributed by atoms with Gasteiger partial charge in [-0.2, -0.15) is 0 Å².